The van der Waals surface area contributed by atoms with Crippen molar-refractivity contribution in [1.29, 1.82) is 0 Å². The van der Waals surface area contributed by atoms with Crippen molar-refractivity contribution < 1.29 is 9.18 Å². The summed E-state index contributed by atoms with van der Waals surface area (Å²) in [5.74, 6) is 0.385. The first kappa shape index (κ1) is 21.2. The van der Waals surface area contributed by atoms with Crippen LogP contribution in [0.5, 0.6) is 0 Å². The number of aromatic amines is 1. The van der Waals surface area contributed by atoms with Gasteiger partial charge in [0, 0.05) is 16.8 Å². The van der Waals surface area contributed by atoms with Crippen LogP contribution in [0.15, 0.2) is 52.3 Å². The van der Waals surface area contributed by atoms with Gasteiger partial charge in [0.05, 0.1) is 16.1 Å². The number of hydrogen-bond donors (Lipinski definition) is 2. The van der Waals surface area contributed by atoms with Gasteiger partial charge in [-0.15, -0.1) is 0 Å². The predicted molar refractivity (Wildman–Crippen MR) is 127 cm³/mol. The van der Waals surface area contributed by atoms with Gasteiger partial charge in [-0.3, -0.25) is 9.89 Å². The van der Waals surface area contributed by atoms with Crippen LogP contribution in [0, 0.1) is 11.7 Å². The number of nitrogens with one attached hydrogen (secondary N) is 2. The number of halogens is 1. The molecule has 2 aliphatic heterocycles. The lowest BCUT2D eigenvalue weighted by atomic mass is 9.96. The summed E-state index contributed by atoms with van der Waals surface area (Å²) in [6.45, 7) is 3.78. The molecule has 0 unspecified atom stereocenters. The SMILES string of the molecule is O=C(NCC1CCN(CCCc2ccccc2F)CC1)C1=Cc2[nH]nc3cccc(c23)S1. The third-order valence-electron chi connectivity index (χ3n) is 6.43. The molecule has 32 heavy (non-hydrogen) atoms. The quantitative estimate of drug-likeness (QED) is 0.552. The van der Waals surface area contributed by atoms with Gasteiger partial charge in [0.15, 0.2) is 0 Å². The smallest absolute Gasteiger partial charge is 0.258 e. The number of piperidine rings is 1. The third kappa shape index (κ3) is 4.59. The van der Waals surface area contributed by atoms with Gasteiger partial charge >= 0.3 is 0 Å². The van der Waals surface area contributed by atoms with E-state index in [1.54, 1.807) is 6.07 Å². The minimum absolute atomic E-state index is 0.0143. The van der Waals surface area contributed by atoms with Crippen LogP contribution in [0.1, 0.15) is 30.5 Å². The summed E-state index contributed by atoms with van der Waals surface area (Å²) >= 11 is 1.51. The molecule has 3 heterocycles. The molecule has 7 heteroatoms. The van der Waals surface area contributed by atoms with Crippen LogP contribution in [0.3, 0.4) is 0 Å². The molecular weight excluding hydrogens is 423 g/mol. The Morgan fingerprint density at radius 3 is 2.88 bits per heavy atom. The van der Waals surface area contributed by atoms with Crippen LogP contribution in [-0.4, -0.2) is 47.2 Å². The van der Waals surface area contributed by atoms with Crippen LogP contribution in [0.4, 0.5) is 4.39 Å². The molecule has 1 fully saturated rings. The Kier molecular flexibility index (Phi) is 6.28. The molecule has 2 N–H and O–H groups in total. The van der Waals surface area contributed by atoms with Crippen molar-refractivity contribution in [2.24, 2.45) is 5.92 Å². The van der Waals surface area contributed by atoms with Crippen molar-refractivity contribution in [3.05, 3.63) is 64.4 Å². The molecule has 0 atom stereocenters. The Balaban J connectivity index is 1.06. The number of aryl methyl sites for hydroxylation is 1. The molecule has 1 amide bonds. The fraction of sp³-hybridized carbons (Fsp3) is 0.360. The van der Waals surface area contributed by atoms with Crippen molar-refractivity contribution in [3.8, 4) is 0 Å². The molecule has 166 valence electrons. The monoisotopic (exact) mass is 450 g/mol. The number of amides is 1. The Hall–Kier alpha value is -2.64. The number of carbonyl (C=O) groups is 1. The van der Waals surface area contributed by atoms with E-state index in [0.717, 1.165) is 72.4 Å². The van der Waals surface area contributed by atoms with Crippen LogP contribution in [0.2, 0.25) is 0 Å². The molecule has 0 bridgehead atoms. The zero-order valence-corrected chi connectivity index (χ0v) is 18.8. The second kappa shape index (κ2) is 9.46. The Morgan fingerprint density at radius 1 is 1.19 bits per heavy atom. The number of thioether (sulfide) groups is 1. The highest BCUT2D eigenvalue weighted by Crippen LogP contribution is 2.39. The van der Waals surface area contributed by atoms with Gasteiger partial charge in [0.2, 0.25) is 0 Å². The number of nitrogens with zero attached hydrogens (tertiary/aromatic N) is 2. The van der Waals surface area contributed by atoms with Crippen molar-refractivity contribution in [2.75, 3.05) is 26.2 Å². The normalized spacial score (nSPS) is 16.8. The molecule has 5 rings (SSSR count). The molecule has 1 aromatic heterocycles. The van der Waals surface area contributed by atoms with Crippen molar-refractivity contribution in [1.82, 2.24) is 20.4 Å². The average Bonchev–Trinajstić information content (AvgIpc) is 3.24. The largest absolute Gasteiger partial charge is 0.351 e. The van der Waals surface area contributed by atoms with Gasteiger partial charge in [-0.2, -0.15) is 5.10 Å². The minimum atomic E-state index is -0.103. The van der Waals surface area contributed by atoms with Gasteiger partial charge in [0.25, 0.3) is 5.91 Å². The first-order valence-electron chi connectivity index (χ1n) is 11.3. The Bertz CT molecular complexity index is 1150. The van der Waals surface area contributed by atoms with E-state index in [4.69, 9.17) is 0 Å². The fourth-order valence-electron chi connectivity index (χ4n) is 4.57. The molecular formula is C25H27FN4OS. The summed E-state index contributed by atoms with van der Waals surface area (Å²) in [5.41, 5.74) is 2.64. The number of hydrogen-bond acceptors (Lipinski definition) is 4. The summed E-state index contributed by atoms with van der Waals surface area (Å²) in [7, 11) is 0. The first-order valence-corrected chi connectivity index (χ1v) is 12.1. The van der Waals surface area contributed by atoms with E-state index < -0.39 is 0 Å². The summed E-state index contributed by atoms with van der Waals surface area (Å²) in [5, 5.41) is 11.6. The molecule has 2 aliphatic rings. The summed E-state index contributed by atoms with van der Waals surface area (Å²) in [4.78, 5) is 17.0. The van der Waals surface area contributed by atoms with Crippen LogP contribution >= 0.6 is 11.8 Å². The van der Waals surface area contributed by atoms with E-state index >= 15 is 0 Å². The van der Waals surface area contributed by atoms with Gasteiger partial charge in [0.1, 0.15) is 5.82 Å². The lowest BCUT2D eigenvalue weighted by Gasteiger charge is -2.32. The van der Waals surface area contributed by atoms with Crippen LogP contribution < -0.4 is 5.32 Å². The van der Waals surface area contributed by atoms with Gasteiger partial charge in [-0.25, -0.2) is 4.39 Å². The number of carbonyl (C=O) groups excluding carboxylic acids is 1. The summed E-state index contributed by atoms with van der Waals surface area (Å²) in [6, 6.07) is 13.0. The Morgan fingerprint density at radius 2 is 2.03 bits per heavy atom. The number of likely N-dealkylation sites (tertiary alicyclic amines) is 1. The second-order valence-corrected chi connectivity index (χ2v) is 9.67. The maximum atomic E-state index is 13.7. The maximum Gasteiger partial charge on any atom is 0.258 e. The standard InChI is InChI=1S/C25H27FN4OS/c26-19-7-2-1-5-18(19)6-4-12-30-13-10-17(11-14-30)16-27-25(31)23-15-21-24-20(28-29-21)8-3-9-22(24)32-23/h1-3,5,7-9,15,17H,4,6,10-14,16H2,(H,27,31)(H,28,29). The van der Waals surface area contributed by atoms with Crippen LogP contribution in [-0.2, 0) is 11.2 Å². The molecule has 2 aromatic carbocycles. The number of rotatable bonds is 7. The zero-order valence-electron chi connectivity index (χ0n) is 17.9. The Labute approximate surface area is 191 Å². The molecule has 0 saturated carbocycles. The van der Waals surface area contributed by atoms with Crippen LogP contribution in [0.25, 0.3) is 17.0 Å². The van der Waals surface area contributed by atoms with E-state index in [0.29, 0.717) is 17.4 Å². The lowest BCUT2D eigenvalue weighted by Crippen LogP contribution is -2.39. The highest BCUT2D eigenvalue weighted by molar-refractivity contribution is 8.04. The predicted octanol–water partition coefficient (Wildman–Crippen LogP) is 4.61. The number of aromatic nitrogens is 2. The van der Waals surface area contributed by atoms with Gasteiger partial charge < -0.3 is 10.2 Å². The van der Waals surface area contributed by atoms with Gasteiger partial charge in [-0.1, -0.05) is 36.0 Å². The second-order valence-electron chi connectivity index (χ2n) is 8.59. The lowest BCUT2D eigenvalue weighted by molar-refractivity contribution is -0.117. The van der Waals surface area contributed by atoms with E-state index in [1.807, 2.05) is 36.4 Å². The highest BCUT2D eigenvalue weighted by Gasteiger charge is 2.23. The third-order valence-corrected chi connectivity index (χ3v) is 7.51. The average molecular weight is 451 g/mol. The number of H-pyrrole nitrogens is 1. The fourth-order valence-corrected chi connectivity index (χ4v) is 5.61. The molecule has 3 aromatic rings. The molecule has 0 spiro atoms. The minimum Gasteiger partial charge on any atom is -0.351 e. The topological polar surface area (TPSA) is 61.0 Å². The highest BCUT2D eigenvalue weighted by atomic mass is 32.2. The van der Waals surface area contributed by atoms with Crippen molar-refractivity contribution in [3.63, 3.8) is 0 Å². The van der Waals surface area contributed by atoms with E-state index in [-0.39, 0.29) is 11.7 Å². The maximum absolute atomic E-state index is 13.7. The number of benzene rings is 2. The zero-order chi connectivity index (χ0) is 21.9. The molecule has 0 aliphatic carbocycles. The summed E-state index contributed by atoms with van der Waals surface area (Å²) < 4.78 is 13.7. The van der Waals surface area contributed by atoms with Gasteiger partial charge in [-0.05, 0) is 81.1 Å². The summed E-state index contributed by atoms with van der Waals surface area (Å²) in [6.07, 6.45) is 5.81. The first-order chi connectivity index (χ1) is 15.7. The van der Waals surface area contributed by atoms with Crippen molar-refractivity contribution >= 4 is 34.6 Å². The van der Waals surface area contributed by atoms with E-state index in [9.17, 15) is 9.18 Å². The van der Waals surface area contributed by atoms with Crippen molar-refractivity contribution in [2.45, 2.75) is 30.6 Å². The molecule has 5 nitrogen and oxygen atoms in total. The van der Waals surface area contributed by atoms with E-state index in [2.05, 4.69) is 20.4 Å². The molecule has 0 radical (unpaired) electrons. The van der Waals surface area contributed by atoms with E-state index in [1.165, 1.54) is 17.8 Å². The molecule has 1 saturated heterocycles.